The van der Waals surface area contributed by atoms with E-state index < -0.39 is 0 Å². The summed E-state index contributed by atoms with van der Waals surface area (Å²) >= 11 is 7.26. The van der Waals surface area contributed by atoms with Gasteiger partial charge in [0, 0.05) is 17.2 Å². The normalized spacial score (nSPS) is 53.9. The minimum absolute atomic E-state index is 0.0111. The van der Waals surface area contributed by atoms with Gasteiger partial charge in [-0.3, -0.25) is 42.5 Å². The van der Waals surface area contributed by atoms with Crippen molar-refractivity contribution in [1.29, 1.82) is 0 Å². The lowest BCUT2D eigenvalue weighted by atomic mass is 9.70. The highest BCUT2D eigenvalue weighted by Gasteiger charge is 2.57. The summed E-state index contributed by atoms with van der Waals surface area (Å²) in [7, 11) is 0. The van der Waals surface area contributed by atoms with Crippen LogP contribution in [0.2, 0.25) is 0 Å². The number of nitrogens with one attached hydrogen (secondary N) is 8. The Morgan fingerprint density at radius 2 is 0.766 bits per heavy atom. The molecule has 9 aliphatic rings. The van der Waals surface area contributed by atoms with E-state index in [1.165, 1.54) is 77.0 Å². The minimum Gasteiger partial charge on any atom is -0.286 e. The molecule has 47 heavy (non-hydrogen) atoms. The van der Waals surface area contributed by atoms with E-state index in [0.717, 1.165) is 18.7 Å². The molecule has 8 bridgehead atoms. The van der Waals surface area contributed by atoms with E-state index in [0.29, 0.717) is 72.3 Å². The molecule has 0 aromatic carbocycles. The summed E-state index contributed by atoms with van der Waals surface area (Å²) in [5, 5.41) is 33.7. The Balaban J connectivity index is 1.02. The first kappa shape index (κ1) is 30.8. The molecule has 11 nitrogen and oxygen atoms in total. The van der Waals surface area contributed by atoms with Crippen molar-refractivity contribution in [3.63, 3.8) is 0 Å². The Hall–Kier alpha value is -1.02. The molecule has 4 saturated carbocycles. The Morgan fingerprint density at radius 3 is 1.15 bits per heavy atom. The van der Waals surface area contributed by atoms with E-state index in [1.807, 2.05) is 0 Å². The molecular weight excluding hydrogens is 610 g/mol. The zero-order valence-corrected chi connectivity index (χ0v) is 28.4. The summed E-state index contributed by atoms with van der Waals surface area (Å²) in [6.07, 6.45) is 23.6. The predicted molar refractivity (Wildman–Crippen MR) is 180 cm³/mol. The van der Waals surface area contributed by atoms with Crippen LogP contribution in [0.15, 0.2) is 12.7 Å². The molecule has 0 amide bonds. The van der Waals surface area contributed by atoms with Crippen LogP contribution < -0.4 is 42.5 Å². The maximum absolute atomic E-state index is 7.26. The van der Waals surface area contributed by atoms with E-state index in [-0.39, 0.29) is 35.7 Å². The number of aromatic nitrogens is 3. The van der Waals surface area contributed by atoms with E-state index >= 15 is 0 Å². The van der Waals surface area contributed by atoms with Crippen molar-refractivity contribution in [2.45, 2.75) is 151 Å². The molecule has 10 rings (SSSR count). The molecule has 9 fully saturated rings. The molecule has 18 unspecified atom stereocenters. The van der Waals surface area contributed by atoms with Gasteiger partial charge in [-0.05, 0) is 92.8 Å². The lowest BCUT2D eigenvalue weighted by molar-refractivity contribution is 0.154. The van der Waals surface area contributed by atoms with Gasteiger partial charge in [-0.25, -0.2) is 15.0 Å². The van der Waals surface area contributed by atoms with Crippen molar-refractivity contribution in [1.82, 2.24) is 57.5 Å². The van der Waals surface area contributed by atoms with Gasteiger partial charge in [0.2, 0.25) is 0 Å². The van der Waals surface area contributed by atoms with Crippen molar-refractivity contribution < 1.29 is 0 Å². The lowest BCUT2D eigenvalue weighted by Crippen LogP contribution is -2.61. The molecule has 258 valence electrons. The van der Waals surface area contributed by atoms with E-state index in [2.05, 4.69) is 47.5 Å². The third kappa shape index (κ3) is 5.32. The third-order valence-corrected chi connectivity index (χ3v) is 15.3. The molecule has 4 aliphatic carbocycles. The summed E-state index contributed by atoms with van der Waals surface area (Å²) < 4.78 is 0. The van der Waals surface area contributed by atoms with Crippen LogP contribution in [0.3, 0.4) is 0 Å². The number of hydrogen-bond donors (Lipinski definition) is 8. The van der Waals surface area contributed by atoms with Crippen LogP contribution in [0, 0.1) is 47.3 Å². The monoisotopic (exact) mass is 665 g/mol. The molecule has 1 aromatic heterocycles. The van der Waals surface area contributed by atoms with E-state index in [1.54, 1.807) is 12.7 Å². The number of halogens is 1. The van der Waals surface area contributed by atoms with Gasteiger partial charge in [0.1, 0.15) is 18.5 Å². The van der Waals surface area contributed by atoms with Gasteiger partial charge in [0.05, 0.1) is 49.3 Å². The first-order valence-electron chi connectivity index (χ1n) is 19.5. The number of rotatable bonds is 1. The van der Waals surface area contributed by atoms with Crippen LogP contribution in [0.25, 0.3) is 0 Å². The highest BCUT2D eigenvalue weighted by atomic mass is 35.5. The molecule has 0 radical (unpaired) electrons. The predicted octanol–water partition coefficient (Wildman–Crippen LogP) is 2.40. The summed E-state index contributed by atoms with van der Waals surface area (Å²) in [4.78, 5) is 13.6. The van der Waals surface area contributed by atoms with Crippen molar-refractivity contribution in [2.24, 2.45) is 47.3 Å². The third-order valence-electron chi connectivity index (χ3n) is 14.8. The van der Waals surface area contributed by atoms with Gasteiger partial charge in [-0.15, -0.1) is 11.6 Å². The summed E-state index contributed by atoms with van der Waals surface area (Å²) in [6, 6.07) is 0. The molecule has 8 N–H and O–H groups in total. The van der Waals surface area contributed by atoms with Crippen molar-refractivity contribution in [3.05, 3.63) is 18.5 Å². The fourth-order valence-electron chi connectivity index (χ4n) is 12.8. The molecular formula is C35H56ClN11. The molecule has 0 spiro atoms. The molecule has 12 heteroatoms. The van der Waals surface area contributed by atoms with Crippen LogP contribution in [0.1, 0.15) is 102 Å². The van der Waals surface area contributed by atoms with Gasteiger partial charge in [0.25, 0.3) is 0 Å². The van der Waals surface area contributed by atoms with Crippen molar-refractivity contribution in [2.75, 3.05) is 0 Å². The van der Waals surface area contributed by atoms with Crippen molar-refractivity contribution >= 4 is 11.6 Å². The van der Waals surface area contributed by atoms with Crippen LogP contribution >= 0.6 is 11.6 Å². The zero-order chi connectivity index (χ0) is 31.1. The van der Waals surface area contributed by atoms with Crippen LogP contribution in [0.5, 0.6) is 0 Å². The molecule has 18 atom stereocenters. The average Bonchev–Trinajstić information content (AvgIpc) is 3.84. The Morgan fingerprint density at radius 1 is 0.426 bits per heavy atom. The number of hydrogen-bond acceptors (Lipinski definition) is 11. The van der Waals surface area contributed by atoms with Gasteiger partial charge < -0.3 is 0 Å². The zero-order valence-electron chi connectivity index (χ0n) is 27.7. The molecule has 5 saturated heterocycles. The molecule has 1 aromatic rings. The first-order valence-corrected chi connectivity index (χ1v) is 20.0. The Labute approximate surface area is 284 Å². The second-order valence-corrected chi connectivity index (χ2v) is 17.4. The van der Waals surface area contributed by atoms with E-state index in [4.69, 9.17) is 21.6 Å². The first-order chi connectivity index (χ1) is 23.2. The Kier molecular flexibility index (Phi) is 8.27. The topological polar surface area (TPSA) is 135 Å². The second kappa shape index (κ2) is 12.6. The van der Waals surface area contributed by atoms with Crippen molar-refractivity contribution in [3.8, 4) is 0 Å². The Bertz CT molecular complexity index is 1260. The number of nitrogens with zero attached hydrogens (tertiary/aromatic N) is 3. The lowest BCUT2D eigenvalue weighted by Gasteiger charge is -2.41. The largest absolute Gasteiger partial charge is 0.286 e. The molecule has 5 aliphatic heterocycles. The fraction of sp³-hybridized carbons (Fsp3) is 0.914. The van der Waals surface area contributed by atoms with Gasteiger partial charge >= 0.3 is 0 Å². The summed E-state index contributed by atoms with van der Waals surface area (Å²) in [5.41, 5.74) is 0. The summed E-state index contributed by atoms with van der Waals surface area (Å²) in [6.45, 7) is 0. The minimum atomic E-state index is 0.0111. The van der Waals surface area contributed by atoms with Crippen LogP contribution in [0.4, 0.5) is 0 Å². The SMILES string of the molecule is ClC1CCC2C3NC4NC(NC5NC(NC6NC(NC(N3)C2C1c1ncncn1)C1CCCCC61)C1CCCCC51)C1CCCCC41. The highest BCUT2D eigenvalue weighted by Crippen LogP contribution is 2.50. The smallest absolute Gasteiger partial charge is 0.136 e. The standard InChI is InChI=1S/C35H56ClN11/c36-24-14-13-23-25(26(24)34-38-15-37-16-39-34)35-46-32-22-12-6-5-11-21(22)30(44-32)42-28-18-8-2-1-7-17(18)27(40-28)41-29-19-9-3-4-10-20(19)31(43-29)45-33(23)47-35/h15-33,35,40-47H,1-14H2. The highest BCUT2D eigenvalue weighted by molar-refractivity contribution is 6.21. The maximum Gasteiger partial charge on any atom is 0.136 e. The fourth-order valence-corrected chi connectivity index (χ4v) is 13.2. The van der Waals surface area contributed by atoms with Gasteiger partial charge in [-0.2, -0.15) is 0 Å². The van der Waals surface area contributed by atoms with Gasteiger partial charge in [-0.1, -0.05) is 38.5 Å². The second-order valence-electron chi connectivity index (χ2n) is 16.8. The average molecular weight is 666 g/mol. The maximum atomic E-state index is 7.26. The summed E-state index contributed by atoms with van der Waals surface area (Å²) in [5.74, 6) is 5.61. The quantitative estimate of drug-likeness (QED) is 0.210. The van der Waals surface area contributed by atoms with Gasteiger partial charge in [0.15, 0.2) is 0 Å². The van der Waals surface area contributed by atoms with E-state index in [9.17, 15) is 0 Å². The number of alkyl halides is 1. The van der Waals surface area contributed by atoms with Crippen LogP contribution in [-0.2, 0) is 0 Å². The van der Waals surface area contributed by atoms with Crippen LogP contribution in [-0.4, -0.2) is 69.7 Å². The molecule has 6 heterocycles. The number of fused-ring (bicyclic) bond motifs is 20.